The molecular weight excluding hydrogens is 427 g/mol. The Balaban J connectivity index is 1.51. The van der Waals surface area contributed by atoms with Crippen LogP contribution in [0.25, 0.3) is 0 Å². The van der Waals surface area contributed by atoms with Crippen LogP contribution in [-0.2, 0) is 11.2 Å². The topological polar surface area (TPSA) is 82.6 Å². The van der Waals surface area contributed by atoms with E-state index in [-0.39, 0.29) is 22.9 Å². The fourth-order valence-corrected chi connectivity index (χ4v) is 3.51. The van der Waals surface area contributed by atoms with Crippen LogP contribution in [0.1, 0.15) is 27.0 Å². The molecule has 1 amide bonds. The molecule has 0 saturated heterocycles. The van der Waals surface area contributed by atoms with Gasteiger partial charge < -0.3 is 5.32 Å². The molecule has 1 aliphatic heterocycles. The lowest BCUT2D eigenvalue weighted by Gasteiger charge is -2.17. The molecule has 0 radical (unpaired) electrons. The SMILES string of the molecule is O=C(NNC(=S)NC1N=C(c2ccccc2)c2ccccc2CC1=O)c1ccc(F)cc1. The number of carbonyl (C=O) groups excluding carboxylic acids is 2. The van der Waals surface area contributed by atoms with Crippen LogP contribution in [0.4, 0.5) is 4.39 Å². The van der Waals surface area contributed by atoms with E-state index in [9.17, 15) is 14.0 Å². The number of carbonyl (C=O) groups is 2. The lowest BCUT2D eigenvalue weighted by atomic mass is 9.96. The molecule has 4 rings (SSSR count). The molecule has 0 bridgehead atoms. The van der Waals surface area contributed by atoms with Crippen molar-refractivity contribution in [3.05, 3.63) is 107 Å². The number of rotatable bonds is 3. The normalized spacial score (nSPS) is 15.1. The third kappa shape index (κ3) is 4.87. The van der Waals surface area contributed by atoms with Crippen molar-refractivity contribution in [2.24, 2.45) is 4.99 Å². The van der Waals surface area contributed by atoms with Gasteiger partial charge in [-0.3, -0.25) is 25.4 Å². The molecule has 3 aromatic rings. The van der Waals surface area contributed by atoms with Gasteiger partial charge in [0.25, 0.3) is 5.91 Å². The summed E-state index contributed by atoms with van der Waals surface area (Å²) >= 11 is 5.24. The highest BCUT2D eigenvalue weighted by Crippen LogP contribution is 2.21. The summed E-state index contributed by atoms with van der Waals surface area (Å²) in [5.74, 6) is -1.09. The van der Waals surface area contributed by atoms with Crippen molar-refractivity contribution in [1.82, 2.24) is 16.2 Å². The Morgan fingerprint density at radius 3 is 2.38 bits per heavy atom. The first-order valence-corrected chi connectivity index (χ1v) is 10.3. The zero-order valence-electron chi connectivity index (χ0n) is 16.8. The van der Waals surface area contributed by atoms with Crippen LogP contribution < -0.4 is 16.2 Å². The van der Waals surface area contributed by atoms with Crippen LogP contribution >= 0.6 is 12.2 Å². The predicted octanol–water partition coefficient (Wildman–Crippen LogP) is 2.92. The van der Waals surface area contributed by atoms with Crippen molar-refractivity contribution in [3.8, 4) is 0 Å². The Morgan fingerprint density at radius 1 is 0.938 bits per heavy atom. The van der Waals surface area contributed by atoms with Crippen LogP contribution in [0.3, 0.4) is 0 Å². The van der Waals surface area contributed by atoms with Crippen LogP contribution in [0, 0.1) is 5.82 Å². The van der Waals surface area contributed by atoms with E-state index < -0.39 is 17.9 Å². The van der Waals surface area contributed by atoms with Crippen LogP contribution in [0.15, 0.2) is 83.9 Å². The molecule has 0 aromatic heterocycles. The predicted molar refractivity (Wildman–Crippen MR) is 124 cm³/mol. The van der Waals surface area contributed by atoms with E-state index in [2.05, 4.69) is 21.2 Å². The minimum absolute atomic E-state index is 0.0286. The monoisotopic (exact) mass is 446 g/mol. The summed E-state index contributed by atoms with van der Waals surface area (Å²) in [7, 11) is 0. The highest BCUT2D eigenvalue weighted by atomic mass is 32.1. The number of nitrogens with one attached hydrogen (secondary N) is 3. The summed E-state index contributed by atoms with van der Waals surface area (Å²) in [6.45, 7) is 0. The molecule has 6 nitrogen and oxygen atoms in total. The molecule has 0 saturated carbocycles. The number of Topliss-reactive ketones (excluding diaryl/α,β-unsaturated/α-hetero) is 1. The summed E-state index contributed by atoms with van der Waals surface area (Å²) in [5.41, 5.74) is 8.58. The van der Waals surface area contributed by atoms with Gasteiger partial charge in [-0.05, 0) is 42.0 Å². The third-order valence-electron chi connectivity index (χ3n) is 4.91. The Labute approximate surface area is 189 Å². The number of hydrazine groups is 1. The van der Waals surface area contributed by atoms with Crippen molar-refractivity contribution in [1.29, 1.82) is 0 Å². The van der Waals surface area contributed by atoms with Gasteiger partial charge in [0.1, 0.15) is 5.82 Å². The minimum atomic E-state index is -0.930. The van der Waals surface area contributed by atoms with Gasteiger partial charge in [0.2, 0.25) is 0 Å². The fourth-order valence-electron chi connectivity index (χ4n) is 3.35. The maximum absolute atomic E-state index is 13.0. The quantitative estimate of drug-likeness (QED) is 0.426. The molecule has 160 valence electrons. The molecule has 1 atom stereocenters. The Hall–Kier alpha value is -3.91. The van der Waals surface area contributed by atoms with E-state index in [1.807, 2.05) is 54.6 Å². The number of ketones is 1. The molecule has 32 heavy (non-hydrogen) atoms. The molecule has 1 unspecified atom stereocenters. The first-order valence-electron chi connectivity index (χ1n) is 9.88. The van der Waals surface area contributed by atoms with E-state index in [1.165, 1.54) is 24.3 Å². The number of hydrogen-bond acceptors (Lipinski definition) is 4. The average molecular weight is 447 g/mol. The number of aliphatic imine (C=N–C) groups is 1. The molecule has 3 aromatic carbocycles. The average Bonchev–Trinajstić information content (AvgIpc) is 2.95. The lowest BCUT2D eigenvalue weighted by molar-refractivity contribution is -0.119. The number of nitrogens with zero attached hydrogens (tertiary/aromatic N) is 1. The van der Waals surface area contributed by atoms with Crippen molar-refractivity contribution in [3.63, 3.8) is 0 Å². The standard InChI is InChI=1S/C24H19FN4O2S/c25-18-12-10-16(11-13-18)23(31)28-29-24(32)27-22-20(30)14-17-8-4-5-9-19(17)21(26-22)15-6-2-1-3-7-15/h1-13,22H,14H2,(H,28,31)(H2,27,29,32). The highest BCUT2D eigenvalue weighted by molar-refractivity contribution is 7.80. The number of amides is 1. The number of hydrogen-bond donors (Lipinski definition) is 3. The number of fused-ring (bicyclic) bond motifs is 1. The van der Waals surface area contributed by atoms with Gasteiger partial charge in [0, 0.05) is 23.1 Å². The van der Waals surface area contributed by atoms with E-state index in [0.29, 0.717) is 5.71 Å². The second-order valence-electron chi connectivity index (χ2n) is 7.11. The zero-order chi connectivity index (χ0) is 22.5. The second kappa shape index (κ2) is 9.49. The second-order valence-corrected chi connectivity index (χ2v) is 7.51. The van der Waals surface area contributed by atoms with Gasteiger partial charge in [-0.15, -0.1) is 0 Å². The van der Waals surface area contributed by atoms with Crippen LogP contribution in [-0.4, -0.2) is 28.7 Å². The highest BCUT2D eigenvalue weighted by Gasteiger charge is 2.26. The van der Waals surface area contributed by atoms with E-state index >= 15 is 0 Å². The summed E-state index contributed by atoms with van der Waals surface area (Å²) in [4.78, 5) is 29.8. The first kappa shape index (κ1) is 21.3. The molecule has 3 N–H and O–H groups in total. The largest absolute Gasteiger partial charge is 0.333 e. The molecule has 0 fully saturated rings. The van der Waals surface area contributed by atoms with Crippen molar-refractivity contribution in [2.45, 2.75) is 12.6 Å². The first-order chi connectivity index (χ1) is 15.5. The van der Waals surface area contributed by atoms with Crippen molar-refractivity contribution < 1.29 is 14.0 Å². The molecule has 0 aliphatic carbocycles. The van der Waals surface area contributed by atoms with Gasteiger partial charge >= 0.3 is 0 Å². The minimum Gasteiger partial charge on any atom is -0.333 e. The Morgan fingerprint density at radius 2 is 1.62 bits per heavy atom. The zero-order valence-corrected chi connectivity index (χ0v) is 17.7. The van der Waals surface area contributed by atoms with Crippen LogP contribution in [0.5, 0.6) is 0 Å². The molecule has 1 heterocycles. The molecule has 1 aliphatic rings. The van der Waals surface area contributed by atoms with E-state index in [4.69, 9.17) is 12.2 Å². The number of halogens is 1. The molecular formula is C24H19FN4O2S. The maximum atomic E-state index is 13.0. The maximum Gasteiger partial charge on any atom is 0.269 e. The Bertz CT molecular complexity index is 1200. The van der Waals surface area contributed by atoms with Gasteiger partial charge in [-0.2, -0.15) is 0 Å². The number of benzene rings is 3. The van der Waals surface area contributed by atoms with Crippen molar-refractivity contribution >= 4 is 34.7 Å². The summed E-state index contributed by atoms with van der Waals surface area (Å²) in [6, 6.07) is 22.3. The molecule has 0 spiro atoms. The third-order valence-corrected chi connectivity index (χ3v) is 5.13. The smallest absolute Gasteiger partial charge is 0.269 e. The van der Waals surface area contributed by atoms with Gasteiger partial charge in [-0.25, -0.2) is 4.39 Å². The van der Waals surface area contributed by atoms with Crippen LogP contribution in [0.2, 0.25) is 0 Å². The molecule has 8 heteroatoms. The van der Waals surface area contributed by atoms with Crippen molar-refractivity contribution in [2.75, 3.05) is 0 Å². The fraction of sp³-hybridized carbons (Fsp3) is 0.0833. The van der Waals surface area contributed by atoms with E-state index in [1.54, 1.807) is 0 Å². The van der Waals surface area contributed by atoms with E-state index in [0.717, 1.165) is 16.7 Å². The summed E-state index contributed by atoms with van der Waals surface area (Å²) < 4.78 is 13.0. The van der Waals surface area contributed by atoms with Gasteiger partial charge in [0.05, 0.1) is 5.71 Å². The lowest BCUT2D eigenvalue weighted by Crippen LogP contribution is -2.51. The summed E-state index contributed by atoms with van der Waals surface area (Å²) in [5, 5.41) is 2.90. The number of thiocarbonyl (C=S) groups is 1. The van der Waals surface area contributed by atoms with Gasteiger partial charge in [0.15, 0.2) is 17.1 Å². The summed E-state index contributed by atoms with van der Waals surface area (Å²) in [6.07, 6.45) is -0.738. The Kier molecular flexibility index (Phi) is 6.32. The van der Waals surface area contributed by atoms with Gasteiger partial charge in [-0.1, -0.05) is 54.6 Å².